The van der Waals surface area contributed by atoms with Crippen molar-refractivity contribution in [2.24, 2.45) is 0 Å². The molecule has 1 aliphatic rings. The Kier molecular flexibility index (Phi) is 3.27. The summed E-state index contributed by atoms with van der Waals surface area (Å²) in [4.78, 5) is 22.6. The van der Waals surface area contributed by atoms with Crippen molar-refractivity contribution >= 4 is 11.5 Å². The van der Waals surface area contributed by atoms with E-state index in [1.54, 1.807) is 24.3 Å². The molecule has 0 saturated carbocycles. The minimum atomic E-state index is -0.547. The fourth-order valence-electron chi connectivity index (χ4n) is 2.26. The zero-order chi connectivity index (χ0) is 15.0. The van der Waals surface area contributed by atoms with Crippen LogP contribution in [0.2, 0.25) is 0 Å². The standard InChI is InChI=1S/C16H13NO4/c1-10-5-7-11(8-6-10)14(18)16-15(21-16)12-3-2-4-13(9-12)17(19)20/h2-9,15-16H,1H3/t15-,16-/m0/s1. The molecule has 0 aromatic heterocycles. The summed E-state index contributed by atoms with van der Waals surface area (Å²) in [7, 11) is 0. The summed E-state index contributed by atoms with van der Waals surface area (Å²) in [5, 5.41) is 10.8. The molecule has 0 spiro atoms. The van der Waals surface area contributed by atoms with Crippen molar-refractivity contribution in [2.45, 2.75) is 19.1 Å². The van der Waals surface area contributed by atoms with Crippen LogP contribution in [0.4, 0.5) is 5.69 Å². The number of hydrogen-bond acceptors (Lipinski definition) is 4. The lowest BCUT2D eigenvalue weighted by Gasteiger charge is -1.99. The molecule has 2 aromatic rings. The van der Waals surface area contributed by atoms with Gasteiger partial charge in [0, 0.05) is 17.7 Å². The normalized spacial score (nSPS) is 20.0. The Hall–Kier alpha value is -2.53. The van der Waals surface area contributed by atoms with Crippen LogP contribution in [0.15, 0.2) is 48.5 Å². The number of ketones is 1. The maximum absolute atomic E-state index is 12.3. The lowest BCUT2D eigenvalue weighted by atomic mass is 10.0. The largest absolute Gasteiger partial charge is 0.356 e. The Morgan fingerprint density at radius 1 is 1.19 bits per heavy atom. The van der Waals surface area contributed by atoms with Gasteiger partial charge in [0.15, 0.2) is 11.9 Å². The van der Waals surface area contributed by atoms with Gasteiger partial charge in [0.1, 0.15) is 6.10 Å². The van der Waals surface area contributed by atoms with Gasteiger partial charge in [0.2, 0.25) is 0 Å². The molecule has 106 valence electrons. The predicted molar refractivity (Wildman–Crippen MR) is 76.2 cm³/mol. The third kappa shape index (κ3) is 2.68. The monoisotopic (exact) mass is 283 g/mol. The number of nitro benzene ring substituents is 1. The number of hydrogen-bond donors (Lipinski definition) is 0. The molecular formula is C16H13NO4. The van der Waals surface area contributed by atoms with Gasteiger partial charge in [0.05, 0.1) is 4.92 Å². The Balaban J connectivity index is 1.77. The van der Waals surface area contributed by atoms with Crippen LogP contribution in [0.3, 0.4) is 0 Å². The van der Waals surface area contributed by atoms with Gasteiger partial charge in [-0.2, -0.15) is 0 Å². The van der Waals surface area contributed by atoms with Crippen molar-refractivity contribution in [3.63, 3.8) is 0 Å². The third-order valence-corrected chi connectivity index (χ3v) is 3.50. The molecule has 3 rings (SSSR count). The van der Waals surface area contributed by atoms with Crippen LogP contribution in [0.5, 0.6) is 0 Å². The van der Waals surface area contributed by atoms with Crippen molar-refractivity contribution < 1.29 is 14.5 Å². The summed E-state index contributed by atoms with van der Waals surface area (Å²) in [5.41, 5.74) is 2.34. The van der Waals surface area contributed by atoms with E-state index in [-0.39, 0.29) is 11.5 Å². The molecular weight excluding hydrogens is 270 g/mol. The molecule has 0 aliphatic carbocycles. The Labute approximate surface area is 121 Å². The minimum absolute atomic E-state index is 0.00420. The van der Waals surface area contributed by atoms with E-state index in [9.17, 15) is 14.9 Å². The predicted octanol–water partition coefficient (Wildman–Crippen LogP) is 3.23. The first-order valence-corrected chi connectivity index (χ1v) is 6.57. The number of nitro groups is 1. The second-order valence-electron chi connectivity index (χ2n) is 5.06. The van der Waals surface area contributed by atoms with E-state index >= 15 is 0 Å². The highest BCUT2D eigenvalue weighted by atomic mass is 16.6. The second-order valence-corrected chi connectivity index (χ2v) is 5.06. The van der Waals surface area contributed by atoms with Gasteiger partial charge in [-0.3, -0.25) is 14.9 Å². The molecule has 21 heavy (non-hydrogen) atoms. The van der Waals surface area contributed by atoms with Crippen LogP contribution in [-0.4, -0.2) is 16.8 Å². The van der Waals surface area contributed by atoms with E-state index in [1.165, 1.54) is 12.1 Å². The maximum Gasteiger partial charge on any atom is 0.269 e. The van der Waals surface area contributed by atoms with Gasteiger partial charge < -0.3 is 4.74 Å². The van der Waals surface area contributed by atoms with Crippen molar-refractivity contribution in [1.29, 1.82) is 0 Å². The van der Waals surface area contributed by atoms with E-state index < -0.39 is 17.1 Å². The van der Waals surface area contributed by atoms with E-state index in [2.05, 4.69) is 0 Å². The SMILES string of the molecule is Cc1ccc(C(=O)[C@@H]2O[C@H]2c2cccc([N+](=O)[O-])c2)cc1. The van der Waals surface area contributed by atoms with E-state index in [1.807, 2.05) is 19.1 Å². The van der Waals surface area contributed by atoms with Crippen LogP contribution in [0, 0.1) is 17.0 Å². The van der Waals surface area contributed by atoms with Gasteiger partial charge >= 0.3 is 0 Å². The smallest absolute Gasteiger partial charge is 0.269 e. The fraction of sp³-hybridized carbons (Fsp3) is 0.188. The third-order valence-electron chi connectivity index (χ3n) is 3.50. The highest BCUT2D eigenvalue weighted by Gasteiger charge is 2.46. The van der Waals surface area contributed by atoms with Gasteiger partial charge in [-0.15, -0.1) is 0 Å². The Morgan fingerprint density at radius 3 is 2.57 bits per heavy atom. The molecule has 1 heterocycles. The van der Waals surface area contributed by atoms with Gasteiger partial charge in [-0.25, -0.2) is 0 Å². The number of Topliss-reactive ketones (excluding diaryl/α,β-unsaturated/α-hetero) is 1. The van der Waals surface area contributed by atoms with Crippen LogP contribution < -0.4 is 0 Å². The average Bonchev–Trinajstić information content (AvgIpc) is 3.28. The Morgan fingerprint density at radius 2 is 1.90 bits per heavy atom. The molecule has 5 nitrogen and oxygen atoms in total. The van der Waals surface area contributed by atoms with Gasteiger partial charge in [0.25, 0.3) is 5.69 Å². The second kappa shape index (κ2) is 5.10. The molecule has 2 atom stereocenters. The van der Waals surface area contributed by atoms with Crippen LogP contribution in [0.25, 0.3) is 0 Å². The molecule has 0 N–H and O–H groups in total. The van der Waals surface area contributed by atoms with E-state index in [4.69, 9.17) is 4.74 Å². The zero-order valence-electron chi connectivity index (χ0n) is 11.4. The molecule has 1 aliphatic heterocycles. The number of epoxide rings is 1. The first-order valence-electron chi connectivity index (χ1n) is 6.57. The number of carbonyl (C=O) groups is 1. The van der Waals surface area contributed by atoms with E-state index in [0.717, 1.165) is 5.56 Å². The number of ether oxygens (including phenoxy) is 1. The molecule has 0 bridgehead atoms. The number of aryl methyl sites for hydroxylation is 1. The molecule has 1 saturated heterocycles. The topological polar surface area (TPSA) is 72.7 Å². The number of benzene rings is 2. The number of carbonyl (C=O) groups excluding carboxylic acids is 1. The highest BCUT2D eigenvalue weighted by molar-refractivity contribution is 6.01. The van der Waals surface area contributed by atoms with Crippen LogP contribution in [-0.2, 0) is 4.74 Å². The van der Waals surface area contributed by atoms with Crippen LogP contribution >= 0.6 is 0 Å². The molecule has 2 aromatic carbocycles. The minimum Gasteiger partial charge on any atom is -0.356 e. The zero-order valence-corrected chi connectivity index (χ0v) is 11.4. The molecule has 0 unspecified atom stereocenters. The number of non-ortho nitro benzene ring substituents is 1. The van der Waals surface area contributed by atoms with Crippen LogP contribution in [0.1, 0.15) is 27.6 Å². The maximum atomic E-state index is 12.3. The molecule has 5 heteroatoms. The van der Waals surface area contributed by atoms with Crippen molar-refractivity contribution in [3.05, 3.63) is 75.3 Å². The quantitative estimate of drug-likeness (QED) is 0.374. The fourth-order valence-corrected chi connectivity index (χ4v) is 2.26. The lowest BCUT2D eigenvalue weighted by molar-refractivity contribution is -0.384. The van der Waals surface area contributed by atoms with E-state index in [0.29, 0.717) is 11.1 Å². The van der Waals surface area contributed by atoms with Gasteiger partial charge in [-0.05, 0) is 12.5 Å². The first kappa shape index (κ1) is 13.5. The molecule has 0 radical (unpaired) electrons. The summed E-state index contributed by atoms with van der Waals surface area (Å²) < 4.78 is 5.41. The summed E-state index contributed by atoms with van der Waals surface area (Å²) >= 11 is 0. The average molecular weight is 283 g/mol. The summed E-state index contributed by atoms with van der Waals surface area (Å²) in [5.74, 6) is -0.0912. The summed E-state index contributed by atoms with van der Waals surface area (Å²) in [6.45, 7) is 1.95. The van der Waals surface area contributed by atoms with Crippen molar-refractivity contribution in [2.75, 3.05) is 0 Å². The molecule has 0 amide bonds. The van der Waals surface area contributed by atoms with Gasteiger partial charge in [-0.1, -0.05) is 42.0 Å². The number of rotatable bonds is 4. The molecule has 1 fully saturated rings. The number of nitrogens with zero attached hydrogens (tertiary/aromatic N) is 1. The summed E-state index contributed by atoms with van der Waals surface area (Å²) in [6.07, 6.45) is -0.937. The summed E-state index contributed by atoms with van der Waals surface area (Å²) in [6, 6.07) is 13.5. The van der Waals surface area contributed by atoms with Crippen molar-refractivity contribution in [1.82, 2.24) is 0 Å². The highest BCUT2D eigenvalue weighted by Crippen LogP contribution is 2.41. The lowest BCUT2D eigenvalue weighted by Crippen LogP contribution is -2.08. The Bertz CT molecular complexity index is 708. The first-order chi connectivity index (χ1) is 10.1. The van der Waals surface area contributed by atoms with Crippen molar-refractivity contribution in [3.8, 4) is 0 Å².